The molecule has 1 aromatic carbocycles. The first-order valence-electron chi connectivity index (χ1n) is 5.71. The number of nitrogens with two attached hydrogens (primary N) is 1. The van der Waals surface area contributed by atoms with E-state index in [0.717, 1.165) is 0 Å². The summed E-state index contributed by atoms with van der Waals surface area (Å²) in [6.07, 6.45) is 3.56. The zero-order valence-corrected chi connectivity index (χ0v) is 10.1. The smallest absolute Gasteiger partial charge is 0.184 e. The molecule has 2 unspecified atom stereocenters. The third-order valence-corrected chi connectivity index (χ3v) is 2.77. The molecule has 0 aromatic heterocycles. The van der Waals surface area contributed by atoms with Crippen LogP contribution in [0.3, 0.4) is 0 Å². The van der Waals surface area contributed by atoms with Crippen LogP contribution in [0.2, 0.25) is 0 Å². The Morgan fingerprint density at radius 2 is 2.06 bits per heavy atom. The summed E-state index contributed by atoms with van der Waals surface area (Å²) < 4.78 is 0. The van der Waals surface area contributed by atoms with E-state index >= 15 is 0 Å². The van der Waals surface area contributed by atoms with Gasteiger partial charge in [-0.2, -0.15) is 0 Å². The van der Waals surface area contributed by atoms with Crippen LogP contribution in [0.25, 0.3) is 0 Å². The van der Waals surface area contributed by atoms with Crippen LogP contribution in [-0.2, 0) is 0 Å². The Kier molecular flexibility index (Phi) is 3.15. The lowest BCUT2D eigenvalue weighted by Crippen LogP contribution is -2.54. The first-order valence-corrected chi connectivity index (χ1v) is 5.71. The summed E-state index contributed by atoms with van der Waals surface area (Å²) in [5, 5.41) is 6.58. The SMILES string of the molecule is CC(NC1(C)N=C(N)C=CN1)c1ccccc1. The topological polar surface area (TPSA) is 62.4 Å². The van der Waals surface area contributed by atoms with Gasteiger partial charge in [0.25, 0.3) is 0 Å². The molecule has 1 aromatic rings. The van der Waals surface area contributed by atoms with Gasteiger partial charge in [0.15, 0.2) is 5.79 Å². The van der Waals surface area contributed by atoms with E-state index in [9.17, 15) is 0 Å². The number of amidine groups is 1. The van der Waals surface area contributed by atoms with Crippen molar-refractivity contribution >= 4 is 5.84 Å². The average Bonchev–Trinajstić information content (AvgIpc) is 2.29. The molecule has 0 aliphatic carbocycles. The average molecular weight is 230 g/mol. The fraction of sp³-hybridized carbons (Fsp3) is 0.308. The van der Waals surface area contributed by atoms with E-state index < -0.39 is 5.79 Å². The van der Waals surface area contributed by atoms with E-state index in [1.54, 1.807) is 6.08 Å². The molecule has 4 heteroatoms. The summed E-state index contributed by atoms with van der Waals surface area (Å²) >= 11 is 0. The van der Waals surface area contributed by atoms with Crippen molar-refractivity contribution in [2.45, 2.75) is 25.7 Å². The fourth-order valence-electron chi connectivity index (χ4n) is 1.94. The molecule has 4 N–H and O–H groups in total. The summed E-state index contributed by atoms with van der Waals surface area (Å²) in [5.41, 5.74) is 6.93. The van der Waals surface area contributed by atoms with Gasteiger partial charge in [-0.25, -0.2) is 4.99 Å². The van der Waals surface area contributed by atoms with Crippen molar-refractivity contribution in [2.75, 3.05) is 0 Å². The van der Waals surface area contributed by atoms with Gasteiger partial charge in [0.05, 0.1) is 0 Å². The molecule has 17 heavy (non-hydrogen) atoms. The summed E-state index contributed by atoms with van der Waals surface area (Å²) in [5.74, 6) is -0.0207. The second-order valence-corrected chi connectivity index (χ2v) is 4.36. The summed E-state index contributed by atoms with van der Waals surface area (Å²) in [6.45, 7) is 4.06. The highest BCUT2D eigenvalue weighted by atomic mass is 15.3. The van der Waals surface area contributed by atoms with E-state index in [-0.39, 0.29) is 6.04 Å². The van der Waals surface area contributed by atoms with Crippen molar-refractivity contribution in [3.63, 3.8) is 0 Å². The number of hydrogen-bond acceptors (Lipinski definition) is 4. The van der Waals surface area contributed by atoms with Crippen LogP contribution >= 0.6 is 0 Å². The molecule has 0 bridgehead atoms. The van der Waals surface area contributed by atoms with Crippen molar-refractivity contribution in [1.82, 2.24) is 10.6 Å². The maximum Gasteiger partial charge on any atom is 0.184 e. The minimum absolute atomic E-state index is 0.191. The van der Waals surface area contributed by atoms with Crippen LogP contribution < -0.4 is 16.4 Å². The molecule has 0 spiro atoms. The second-order valence-electron chi connectivity index (χ2n) is 4.36. The molecule has 1 aliphatic rings. The highest BCUT2D eigenvalue weighted by Gasteiger charge is 2.25. The first kappa shape index (κ1) is 11.7. The van der Waals surface area contributed by atoms with E-state index in [1.807, 2.05) is 31.3 Å². The van der Waals surface area contributed by atoms with Crippen LogP contribution in [0.1, 0.15) is 25.5 Å². The lowest BCUT2D eigenvalue weighted by molar-refractivity contribution is 0.295. The largest absolute Gasteiger partial charge is 0.384 e. The van der Waals surface area contributed by atoms with E-state index in [4.69, 9.17) is 5.73 Å². The zero-order valence-electron chi connectivity index (χ0n) is 10.1. The zero-order chi connectivity index (χ0) is 12.3. The van der Waals surface area contributed by atoms with Gasteiger partial charge in [-0.05, 0) is 25.5 Å². The third-order valence-electron chi connectivity index (χ3n) is 2.77. The summed E-state index contributed by atoms with van der Waals surface area (Å²) in [4.78, 5) is 4.37. The van der Waals surface area contributed by atoms with E-state index in [1.165, 1.54) is 5.56 Å². The molecule has 1 heterocycles. The lowest BCUT2D eigenvalue weighted by Gasteiger charge is -2.32. The van der Waals surface area contributed by atoms with Crippen LogP contribution in [0.15, 0.2) is 47.6 Å². The lowest BCUT2D eigenvalue weighted by atomic mass is 10.1. The van der Waals surface area contributed by atoms with Crippen LogP contribution in [0, 0.1) is 0 Å². The Hall–Kier alpha value is -1.81. The molecular formula is C13H18N4. The number of rotatable bonds is 3. The Morgan fingerprint density at radius 3 is 2.71 bits per heavy atom. The van der Waals surface area contributed by atoms with Crippen molar-refractivity contribution < 1.29 is 0 Å². The Bertz CT molecular complexity index is 438. The molecule has 0 fully saturated rings. The first-order chi connectivity index (χ1) is 8.09. The van der Waals surface area contributed by atoms with Crippen LogP contribution in [-0.4, -0.2) is 11.6 Å². The predicted molar refractivity (Wildman–Crippen MR) is 70.3 cm³/mol. The molecule has 0 saturated heterocycles. The predicted octanol–water partition coefficient (Wildman–Crippen LogP) is 1.48. The standard InChI is InChI=1S/C13H18N4/c1-10(11-6-4-3-5-7-11)16-13(2)15-9-8-12(14)17-13/h3-10,15-16H,1-2H3,(H2,14,17). The van der Waals surface area contributed by atoms with Crippen molar-refractivity contribution in [3.8, 4) is 0 Å². The quantitative estimate of drug-likeness (QED) is 0.737. The monoisotopic (exact) mass is 230 g/mol. The van der Waals surface area contributed by atoms with Crippen molar-refractivity contribution in [3.05, 3.63) is 48.2 Å². The van der Waals surface area contributed by atoms with Gasteiger partial charge in [-0.15, -0.1) is 0 Å². The van der Waals surface area contributed by atoms with Gasteiger partial charge < -0.3 is 11.1 Å². The van der Waals surface area contributed by atoms with Crippen molar-refractivity contribution in [1.29, 1.82) is 0 Å². The Morgan fingerprint density at radius 1 is 1.35 bits per heavy atom. The number of nitrogens with one attached hydrogen (secondary N) is 2. The van der Waals surface area contributed by atoms with Gasteiger partial charge >= 0.3 is 0 Å². The van der Waals surface area contributed by atoms with Crippen LogP contribution in [0.5, 0.6) is 0 Å². The molecule has 0 saturated carbocycles. The van der Waals surface area contributed by atoms with Gasteiger partial charge in [-0.3, -0.25) is 5.32 Å². The Balaban J connectivity index is 2.09. The number of nitrogens with zero attached hydrogens (tertiary/aromatic N) is 1. The van der Waals surface area contributed by atoms with E-state index in [0.29, 0.717) is 5.84 Å². The van der Waals surface area contributed by atoms with Crippen molar-refractivity contribution in [2.24, 2.45) is 10.7 Å². The molecule has 4 nitrogen and oxygen atoms in total. The maximum atomic E-state index is 5.71. The molecule has 90 valence electrons. The minimum Gasteiger partial charge on any atom is -0.384 e. The van der Waals surface area contributed by atoms with Crippen LogP contribution in [0.4, 0.5) is 0 Å². The third kappa shape index (κ3) is 2.85. The molecule has 2 rings (SSSR count). The van der Waals surface area contributed by atoms with Gasteiger partial charge in [0.2, 0.25) is 0 Å². The molecule has 2 atom stereocenters. The molecular weight excluding hydrogens is 212 g/mol. The molecule has 1 aliphatic heterocycles. The highest BCUT2D eigenvalue weighted by molar-refractivity contribution is 5.92. The van der Waals surface area contributed by atoms with E-state index in [2.05, 4.69) is 34.7 Å². The number of benzene rings is 1. The number of aliphatic imine (C=N–C) groups is 1. The maximum absolute atomic E-state index is 5.71. The van der Waals surface area contributed by atoms with Gasteiger partial charge in [0, 0.05) is 12.2 Å². The fourth-order valence-corrected chi connectivity index (χ4v) is 1.94. The molecule has 0 radical (unpaired) electrons. The summed E-state index contributed by atoms with van der Waals surface area (Å²) in [6, 6.07) is 10.4. The normalized spacial score (nSPS) is 24.9. The number of hydrogen-bond donors (Lipinski definition) is 3. The second kappa shape index (κ2) is 4.59. The Labute approximate surface area is 102 Å². The summed E-state index contributed by atoms with van der Waals surface area (Å²) in [7, 11) is 0. The van der Waals surface area contributed by atoms with Gasteiger partial charge in [0.1, 0.15) is 5.84 Å². The van der Waals surface area contributed by atoms with Gasteiger partial charge in [-0.1, -0.05) is 30.3 Å². The highest BCUT2D eigenvalue weighted by Crippen LogP contribution is 2.16. The molecule has 0 amide bonds. The minimum atomic E-state index is -0.548.